The fourth-order valence-electron chi connectivity index (χ4n) is 2.65. The van der Waals surface area contributed by atoms with E-state index in [9.17, 15) is 0 Å². The van der Waals surface area contributed by atoms with Crippen LogP contribution in [0, 0.1) is 11.3 Å². The van der Waals surface area contributed by atoms with Crippen LogP contribution in [0.25, 0.3) is 10.8 Å². The maximum atomic E-state index is 8.74. The lowest BCUT2D eigenvalue weighted by Gasteiger charge is -2.24. The fourth-order valence-corrected chi connectivity index (χ4v) is 2.65. The van der Waals surface area contributed by atoms with Crippen LogP contribution in [0.4, 0.5) is 0 Å². The zero-order valence-electron chi connectivity index (χ0n) is 11.4. The monoisotopic (exact) mass is 266 g/mol. The first-order chi connectivity index (χ1) is 9.85. The fraction of sp³-hybridized carbons (Fsp3) is 0.353. The molecular formula is C17H18N2O. The van der Waals surface area contributed by atoms with Crippen molar-refractivity contribution in [1.29, 1.82) is 5.26 Å². The Morgan fingerprint density at radius 1 is 1.10 bits per heavy atom. The zero-order chi connectivity index (χ0) is 13.8. The molecule has 0 aliphatic carbocycles. The van der Waals surface area contributed by atoms with Crippen molar-refractivity contribution in [3.05, 3.63) is 42.0 Å². The second-order valence-corrected chi connectivity index (χ2v) is 5.25. The number of nitrogens with zero attached hydrogens (tertiary/aromatic N) is 1. The second kappa shape index (κ2) is 5.94. The highest BCUT2D eigenvalue weighted by atomic mass is 16.5. The van der Waals surface area contributed by atoms with Gasteiger partial charge in [0.25, 0.3) is 0 Å². The molecular weight excluding hydrogens is 248 g/mol. The van der Waals surface area contributed by atoms with E-state index in [0.717, 1.165) is 48.0 Å². The number of hydrogen-bond acceptors (Lipinski definition) is 3. The quantitative estimate of drug-likeness (QED) is 0.928. The highest BCUT2D eigenvalue weighted by molar-refractivity contribution is 5.84. The minimum atomic E-state index is 0.326. The van der Waals surface area contributed by atoms with Crippen molar-refractivity contribution in [2.75, 3.05) is 13.1 Å². The second-order valence-electron chi connectivity index (χ2n) is 5.25. The molecule has 102 valence electrons. The lowest BCUT2D eigenvalue weighted by Crippen LogP contribution is -2.34. The SMILES string of the molecule is N#CCc1ccc2cc(OC3CCNCC3)ccc2c1. The third-order valence-electron chi connectivity index (χ3n) is 3.75. The maximum Gasteiger partial charge on any atom is 0.120 e. The van der Waals surface area contributed by atoms with Crippen LogP contribution in [0.3, 0.4) is 0 Å². The van der Waals surface area contributed by atoms with Crippen LogP contribution >= 0.6 is 0 Å². The van der Waals surface area contributed by atoms with Gasteiger partial charge in [-0.25, -0.2) is 0 Å². The van der Waals surface area contributed by atoms with Gasteiger partial charge in [-0.2, -0.15) is 5.26 Å². The molecule has 0 atom stereocenters. The average molecular weight is 266 g/mol. The molecule has 0 saturated carbocycles. The van der Waals surface area contributed by atoms with Crippen molar-refractivity contribution >= 4 is 10.8 Å². The van der Waals surface area contributed by atoms with Crippen LogP contribution in [0.5, 0.6) is 5.75 Å². The molecule has 0 spiro atoms. The van der Waals surface area contributed by atoms with Crippen LogP contribution in [-0.2, 0) is 6.42 Å². The Labute approximate surface area is 119 Å². The van der Waals surface area contributed by atoms with Crippen LogP contribution in [0.1, 0.15) is 18.4 Å². The predicted octanol–water partition coefficient (Wildman–Crippen LogP) is 3.04. The molecule has 1 aliphatic heterocycles. The van der Waals surface area contributed by atoms with E-state index in [-0.39, 0.29) is 0 Å². The first-order valence-corrected chi connectivity index (χ1v) is 7.12. The highest BCUT2D eigenvalue weighted by Gasteiger charge is 2.14. The number of benzene rings is 2. The number of fused-ring (bicyclic) bond motifs is 1. The molecule has 1 fully saturated rings. The standard InChI is InChI=1S/C17H18N2O/c18-8-5-13-1-2-15-12-17(4-3-14(15)11-13)20-16-6-9-19-10-7-16/h1-4,11-12,16,19H,5-7,9-10H2. The molecule has 0 unspecified atom stereocenters. The van der Waals surface area contributed by atoms with Crippen LogP contribution in [0.2, 0.25) is 0 Å². The van der Waals surface area contributed by atoms with Gasteiger partial charge < -0.3 is 10.1 Å². The van der Waals surface area contributed by atoms with Crippen LogP contribution < -0.4 is 10.1 Å². The van der Waals surface area contributed by atoms with E-state index < -0.39 is 0 Å². The van der Waals surface area contributed by atoms with Crippen molar-refractivity contribution < 1.29 is 4.74 Å². The molecule has 20 heavy (non-hydrogen) atoms. The summed E-state index contributed by atoms with van der Waals surface area (Å²) >= 11 is 0. The van der Waals surface area contributed by atoms with Gasteiger partial charge in [0.05, 0.1) is 12.5 Å². The summed E-state index contributed by atoms with van der Waals surface area (Å²) in [5.41, 5.74) is 1.06. The van der Waals surface area contributed by atoms with Gasteiger partial charge in [0.15, 0.2) is 0 Å². The summed E-state index contributed by atoms with van der Waals surface area (Å²) in [6.07, 6.45) is 2.92. The lowest BCUT2D eigenvalue weighted by atomic mass is 10.0. The molecule has 2 aromatic carbocycles. The van der Waals surface area contributed by atoms with Crippen molar-refractivity contribution in [3.8, 4) is 11.8 Å². The molecule has 1 saturated heterocycles. The first kappa shape index (κ1) is 13.0. The minimum Gasteiger partial charge on any atom is -0.490 e. The van der Waals surface area contributed by atoms with Crippen LogP contribution in [0.15, 0.2) is 36.4 Å². The number of nitriles is 1. The molecule has 3 heteroatoms. The molecule has 3 nitrogen and oxygen atoms in total. The van der Waals surface area contributed by atoms with E-state index in [1.807, 2.05) is 12.1 Å². The van der Waals surface area contributed by atoms with Crippen molar-refractivity contribution in [3.63, 3.8) is 0 Å². The van der Waals surface area contributed by atoms with Crippen LogP contribution in [-0.4, -0.2) is 19.2 Å². The van der Waals surface area contributed by atoms with E-state index >= 15 is 0 Å². The lowest BCUT2D eigenvalue weighted by molar-refractivity contribution is 0.162. The van der Waals surface area contributed by atoms with Gasteiger partial charge in [0.1, 0.15) is 11.9 Å². The summed E-state index contributed by atoms with van der Waals surface area (Å²) in [5, 5.41) is 14.4. The van der Waals surface area contributed by atoms with Gasteiger partial charge in [-0.15, -0.1) is 0 Å². The minimum absolute atomic E-state index is 0.326. The number of piperidine rings is 1. The number of ether oxygens (including phenoxy) is 1. The molecule has 0 bridgehead atoms. The zero-order valence-corrected chi connectivity index (χ0v) is 11.4. The molecule has 2 aromatic rings. The molecule has 0 radical (unpaired) electrons. The average Bonchev–Trinajstić information content (AvgIpc) is 2.49. The van der Waals surface area contributed by atoms with Gasteiger partial charge >= 0.3 is 0 Å². The number of hydrogen-bond donors (Lipinski definition) is 1. The topological polar surface area (TPSA) is 45.0 Å². The Bertz CT molecular complexity index is 639. The smallest absolute Gasteiger partial charge is 0.120 e. The molecule has 1 aliphatic rings. The van der Waals surface area contributed by atoms with Crippen molar-refractivity contribution in [1.82, 2.24) is 5.32 Å². The normalized spacial score (nSPS) is 15.9. The summed E-state index contributed by atoms with van der Waals surface area (Å²) in [6, 6.07) is 14.5. The number of nitrogens with one attached hydrogen (secondary N) is 1. The van der Waals surface area contributed by atoms with Gasteiger partial charge in [-0.1, -0.05) is 24.3 Å². The largest absolute Gasteiger partial charge is 0.490 e. The van der Waals surface area contributed by atoms with Gasteiger partial charge in [-0.05, 0) is 54.4 Å². The summed E-state index contributed by atoms with van der Waals surface area (Å²) in [5.74, 6) is 0.942. The third kappa shape index (κ3) is 2.92. The molecule has 1 N–H and O–H groups in total. The Hall–Kier alpha value is -2.05. The van der Waals surface area contributed by atoms with E-state index in [4.69, 9.17) is 10.00 Å². The molecule has 0 amide bonds. The molecule has 0 aromatic heterocycles. The van der Waals surface area contributed by atoms with Crippen molar-refractivity contribution in [2.45, 2.75) is 25.4 Å². The number of rotatable bonds is 3. The van der Waals surface area contributed by atoms with Gasteiger partial charge in [0, 0.05) is 0 Å². The Kier molecular flexibility index (Phi) is 3.85. The molecule has 3 rings (SSSR count). The van der Waals surface area contributed by atoms with E-state index in [0.29, 0.717) is 12.5 Å². The Morgan fingerprint density at radius 3 is 2.65 bits per heavy atom. The van der Waals surface area contributed by atoms with Gasteiger partial charge in [-0.3, -0.25) is 0 Å². The first-order valence-electron chi connectivity index (χ1n) is 7.12. The predicted molar refractivity (Wildman–Crippen MR) is 79.8 cm³/mol. The third-order valence-corrected chi connectivity index (χ3v) is 3.75. The summed E-state index contributed by atoms with van der Waals surface area (Å²) in [6.45, 7) is 2.07. The van der Waals surface area contributed by atoms with Gasteiger partial charge in [0.2, 0.25) is 0 Å². The van der Waals surface area contributed by atoms with E-state index in [1.54, 1.807) is 0 Å². The van der Waals surface area contributed by atoms with E-state index in [1.165, 1.54) is 0 Å². The van der Waals surface area contributed by atoms with E-state index in [2.05, 4.69) is 35.7 Å². The Morgan fingerprint density at radius 2 is 1.85 bits per heavy atom. The van der Waals surface area contributed by atoms with Crippen molar-refractivity contribution in [2.24, 2.45) is 0 Å². The summed E-state index contributed by atoms with van der Waals surface area (Å²) < 4.78 is 6.05. The Balaban J connectivity index is 1.80. The maximum absolute atomic E-state index is 8.74. The molecule has 1 heterocycles. The summed E-state index contributed by atoms with van der Waals surface area (Å²) in [7, 11) is 0. The highest BCUT2D eigenvalue weighted by Crippen LogP contribution is 2.24. The summed E-state index contributed by atoms with van der Waals surface area (Å²) in [4.78, 5) is 0.